The third-order valence-electron chi connectivity index (χ3n) is 2.17. The summed E-state index contributed by atoms with van der Waals surface area (Å²) in [6.45, 7) is 0.824. The normalized spacial score (nSPS) is 32.2. The van der Waals surface area contributed by atoms with Gasteiger partial charge in [0.15, 0.2) is 0 Å². The first-order chi connectivity index (χ1) is 5.92. The molecule has 4 heteroatoms. The molecule has 0 aromatic rings. The average Bonchev–Trinajstić information content (AvgIpc) is 2.35. The minimum absolute atomic E-state index is 0.111. The number of rotatable bonds is 2. The van der Waals surface area contributed by atoms with Gasteiger partial charge in [0.05, 0.1) is 18.8 Å². The number of allylic oxidation sites excluding steroid dienone is 2. The summed E-state index contributed by atoms with van der Waals surface area (Å²) >= 11 is 0. The molecular weight excluding hydrogens is 154 g/mol. The Morgan fingerprint density at radius 2 is 2.50 bits per heavy atom. The SMILES string of the molecule is [N-]=[N+]=NC1C=CC=C1C1CCO1. The maximum atomic E-state index is 8.27. The zero-order chi connectivity index (χ0) is 8.39. The van der Waals surface area contributed by atoms with E-state index in [2.05, 4.69) is 10.0 Å². The van der Waals surface area contributed by atoms with E-state index in [0.717, 1.165) is 18.6 Å². The monoisotopic (exact) mass is 163 g/mol. The third-order valence-corrected chi connectivity index (χ3v) is 2.17. The van der Waals surface area contributed by atoms with Crippen LogP contribution < -0.4 is 0 Å². The van der Waals surface area contributed by atoms with Crippen LogP contribution in [0, 0.1) is 0 Å². The highest BCUT2D eigenvalue weighted by Gasteiger charge is 2.27. The van der Waals surface area contributed by atoms with E-state index in [-0.39, 0.29) is 12.1 Å². The zero-order valence-corrected chi connectivity index (χ0v) is 6.55. The van der Waals surface area contributed by atoms with E-state index in [1.165, 1.54) is 0 Å². The van der Waals surface area contributed by atoms with Crippen molar-refractivity contribution in [3.05, 3.63) is 34.2 Å². The molecular formula is C8H9N3O. The Hall–Kier alpha value is -1.25. The van der Waals surface area contributed by atoms with E-state index in [9.17, 15) is 0 Å². The van der Waals surface area contributed by atoms with Gasteiger partial charge < -0.3 is 4.74 Å². The molecule has 4 nitrogen and oxygen atoms in total. The fourth-order valence-corrected chi connectivity index (χ4v) is 1.44. The Labute approximate surface area is 70.2 Å². The van der Waals surface area contributed by atoms with Gasteiger partial charge in [0.25, 0.3) is 0 Å². The third kappa shape index (κ3) is 1.11. The van der Waals surface area contributed by atoms with Crippen molar-refractivity contribution < 1.29 is 4.74 Å². The first-order valence-corrected chi connectivity index (χ1v) is 3.96. The van der Waals surface area contributed by atoms with Gasteiger partial charge in [-0.05, 0) is 11.1 Å². The topological polar surface area (TPSA) is 58.0 Å². The lowest BCUT2D eigenvalue weighted by Gasteiger charge is -2.29. The number of nitrogens with zero attached hydrogens (tertiary/aromatic N) is 3. The molecule has 0 N–H and O–H groups in total. The summed E-state index contributed by atoms with van der Waals surface area (Å²) in [5.41, 5.74) is 9.37. The van der Waals surface area contributed by atoms with Gasteiger partial charge in [-0.15, -0.1) is 0 Å². The fourth-order valence-electron chi connectivity index (χ4n) is 1.44. The standard InChI is InChI=1S/C8H9N3O/c9-11-10-7-3-1-2-6(7)8-4-5-12-8/h1-3,7-8H,4-5H2. The first kappa shape index (κ1) is 7.40. The van der Waals surface area contributed by atoms with Crippen LogP contribution in [0.5, 0.6) is 0 Å². The van der Waals surface area contributed by atoms with Gasteiger partial charge in [-0.3, -0.25) is 0 Å². The molecule has 1 heterocycles. The second-order valence-corrected chi connectivity index (χ2v) is 2.85. The van der Waals surface area contributed by atoms with Crippen molar-refractivity contribution in [3.63, 3.8) is 0 Å². The number of hydrogen-bond donors (Lipinski definition) is 0. The molecule has 2 unspecified atom stereocenters. The Morgan fingerprint density at radius 3 is 3.08 bits per heavy atom. The predicted molar refractivity (Wildman–Crippen MR) is 44.5 cm³/mol. The molecule has 2 rings (SSSR count). The molecule has 1 saturated heterocycles. The summed E-state index contributed by atoms with van der Waals surface area (Å²) in [5, 5.41) is 3.65. The molecule has 0 radical (unpaired) electrons. The minimum Gasteiger partial charge on any atom is -0.374 e. The fraction of sp³-hybridized carbons (Fsp3) is 0.500. The van der Waals surface area contributed by atoms with Gasteiger partial charge in [0.2, 0.25) is 0 Å². The highest BCUT2D eigenvalue weighted by Crippen LogP contribution is 2.27. The van der Waals surface area contributed by atoms with Crippen molar-refractivity contribution in [2.24, 2.45) is 5.11 Å². The maximum Gasteiger partial charge on any atom is 0.0817 e. The lowest BCUT2D eigenvalue weighted by Crippen LogP contribution is -2.31. The Bertz CT molecular complexity index is 285. The quantitative estimate of drug-likeness (QED) is 0.348. The van der Waals surface area contributed by atoms with Gasteiger partial charge in [0, 0.05) is 11.3 Å². The second-order valence-electron chi connectivity index (χ2n) is 2.85. The van der Waals surface area contributed by atoms with Crippen molar-refractivity contribution in [1.29, 1.82) is 0 Å². The summed E-state index contributed by atoms with van der Waals surface area (Å²) in [4.78, 5) is 2.79. The van der Waals surface area contributed by atoms with Crippen LogP contribution in [0.4, 0.5) is 0 Å². The summed E-state index contributed by atoms with van der Waals surface area (Å²) in [6, 6.07) is -0.111. The largest absolute Gasteiger partial charge is 0.374 e. The van der Waals surface area contributed by atoms with Crippen molar-refractivity contribution in [2.45, 2.75) is 18.6 Å². The van der Waals surface area contributed by atoms with E-state index >= 15 is 0 Å². The summed E-state index contributed by atoms with van der Waals surface area (Å²) in [5.74, 6) is 0. The second kappa shape index (κ2) is 3.01. The van der Waals surface area contributed by atoms with Crippen LogP contribution in [0.1, 0.15) is 6.42 Å². The number of hydrogen-bond acceptors (Lipinski definition) is 2. The van der Waals surface area contributed by atoms with Crippen LogP contribution in [0.25, 0.3) is 10.4 Å². The van der Waals surface area contributed by atoms with E-state index in [1.54, 1.807) is 0 Å². The van der Waals surface area contributed by atoms with Gasteiger partial charge in [-0.25, -0.2) is 0 Å². The van der Waals surface area contributed by atoms with Crippen LogP contribution in [-0.4, -0.2) is 18.8 Å². The van der Waals surface area contributed by atoms with Gasteiger partial charge in [-0.2, -0.15) is 0 Å². The Balaban J connectivity index is 2.10. The minimum atomic E-state index is -0.111. The number of ether oxygens (including phenoxy) is 1. The molecule has 0 amide bonds. The maximum absolute atomic E-state index is 8.27. The highest BCUT2D eigenvalue weighted by molar-refractivity contribution is 5.34. The highest BCUT2D eigenvalue weighted by atomic mass is 16.5. The molecule has 1 fully saturated rings. The van der Waals surface area contributed by atoms with Gasteiger partial charge in [0.1, 0.15) is 0 Å². The molecule has 12 heavy (non-hydrogen) atoms. The van der Waals surface area contributed by atoms with E-state index in [0.29, 0.717) is 0 Å². The van der Waals surface area contributed by atoms with Crippen LogP contribution in [0.2, 0.25) is 0 Å². The molecule has 0 aromatic heterocycles. The van der Waals surface area contributed by atoms with Crippen molar-refractivity contribution in [1.82, 2.24) is 0 Å². The Morgan fingerprint density at radius 1 is 1.67 bits per heavy atom. The van der Waals surface area contributed by atoms with E-state index in [1.807, 2.05) is 18.2 Å². The van der Waals surface area contributed by atoms with Crippen LogP contribution in [0.15, 0.2) is 28.9 Å². The van der Waals surface area contributed by atoms with Crippen molar-refractivity contribution in [2.75, 3.05) is 6.61 Å². The van der Waals surface area contributed by atoms with Crippen LogP contribution in [-0.2, 0) is 4.74 Å². The van der Waals surface area contributed by atoms with Crippen LogP contribution in [0.3, 0.4) is 0 Å². The lowest BCUT2D eigenvalue weighted by molar-refractivity contribution is -0.0277. The molecule has 0 aromatic carbocycles. The van der Waals surface area contributed by atoms with Crippen molar-refractivity contribution >= 4 is 0 Å². The van der Waals surface area contributed by atoms with Crippen molar-refractivity contribution in [3.8, 4) is 0 Å². The molecule has 1 aliphatic carbocycles. The average molecular weight is 163 g/mol. The molecule has 1 aliphatic heterocycles. The van der Waals surface area contributed by atoms with Gasteiger partial charge in [-0.1, -0.05) is 23.3 Å². The van der Waals surface area contributed by atoms with E-state index < -0.39 is 0 Å². The number of azide groups is 1. The summed E-state index contributed by atoms with van der Waals surface area (Å²) < 4.78 is 5.30. The van der Waals surface area contributed by atoms with E-state index in [4.69, 9.17) is 10.3 Å². The predicted octanol–water partition coefficient (Wildman–Crippen LogP) is 1.95. The summed E-state index contributed by atoms with van der Waals surface area (Å²) in [6.07, 6.45) is 7.01. The Kier molecular flexibility index (Phi) is 1.86. The van der Waals surface area contributed by atoms with Gasteiger partial charge >= 0.3 is 0 Å². The van der Waals surface area contributed by atoms with Crippen LogP contribution >= 0.6 is 0 Å². The molecule has 0 bridgehead atoms. The smallest absolute Gasteiger partial charge is 0.0817 e. The zero-order valence-electron chi connectivity index (χ0n) is 6.55. The molecule has 2 atom stereocenters. The molecule has 0 spiro atoms. The lowest BCUT2D eigenvalue weighted by atomic mass is 10.00. The molecule has 0 saturated carbocycles. The molecule has 2 aliphatic rings. The first-order valence-electron chi connectivity index (χ1n) is 3.96. The molecule has 62 valence electrons. The summed E-state index contributed by atoms with van der Waals surface area (Å²) in [7, 11) is 0.